The van der Waals surface area contributed by atoms with E-state index in [2.05, 4.69) is 9.71 Å². The minimum absolute atomic E-state index is 0.492. The van der Waals surface area contributed by atoms with E-state index in [1.807, 2.05) is 0 Å². The third kappa shape index (κ3) is 3.34. The average Bonchev–Trinajstić information content (AvgIpc) is 2.72. The number of aryl methyl sites for hydroxylation is 1. The van der Waals surface area contributed by atoms with Crippen LogP contribution in [0.4, 0.5) is 0 Å². The molecule has 1 unspecified atom stereocenters. The normalized spacial score (nSPS) is 13.4. The molecule has 0 fully saturated rings. The van der Waals surface area contributed by atoms with E-state index in [-0.39, 0.29) is 0 Å². The second-order valence-electron chi connectivity index (χ2n) is 4.24. The van der Waals surface area contributed by atoms with Gasteiger partial charge in [-0.05, 0) is 11.6 Å². The lowest BCUT2D eigenvalue weighted by atomic mass is 10.1. The van der Waals surface area contributed by atoms with Crippen LogP contribution in [0.2, 0.25) is 5.02 Å². The maximum Gasteiger partial charge on any atom is 0.209 e. The van der Waals surface area contributed by atoms with Crippen molar-refractivity contribution < 1.29 is 8.42 Å². The number of sulfonamides is 1. The van der Waals surface area contributed by atoms with Crippen LogP contribution in [0, 0.1) is 0 Å². The van der Waals surface area contributed by atoms with Crippen molar-refractivity contribution in [3.05, 3.63) is 53.1 Å². The van der Waals surface area contributed by atoms with Crippen molar-refractivity contribution in [1.29, 1.82) is 0 Å². The van der Waals surface area contributed by atoms with Crippen LogP contribution in [0.1, 0.15) is 17.4 Å². The summed E-state index contributed by atoms with van der Waals surface area (Å²) < 4.78 is 27.4. The Morgan fingerprint density at radius 2 is 2.05 bits per heavy atom. The summed E-state index contributed by atoms with van der Waals surface area (Å²) in [5, 5.41) is 0.492. The van der Waals surface area contributed by atoms with Gasteiger partial charge < -0.3 is 4.57 Å². The smallest absolute Gasteiger partial charge is 0.209 e. The second-order valence-corrected chi connectivity index (χ2v) is 6.43. The first-order valence-corrected chi connectivity index (χ1v) is 7.84. The van der Waals surface area contributed by atoms with Crippen LogP contribution in [-0.4, -0.2) is 24.2 Å². The molecule has 102 valence electrons. The van der Waals surface area contributed by atoms with E-state index in [1.54, 1.807) is 48.3 Å². The van der Waals surface area contributed by atoms with Gasteiger partial charge in [0.05, 0.1) is 6.26 Å². The van der Waals surface area contributed by atoms with Crippen molar-refractivity contribution in [2.45, 2.75) is 6.04 Å². The Morgan fingerprint density at radius 3 is 2.58 bits per heavy atom. The molecule has 1 aromatic carbocycles. The number of hydrogen-bond acceptors (Lipinski definition) is 3. The molecule has 5 nitrogen and oxygen atoms in total. The standard InChI is InChI=1S/C12H14ClN3O2S/c1-16-8-7-14-12(16)11(15-19(2,17)18)9-5-3-4-6-10(9)13/h3-8,11,15H,1-2H3. The van der Waals surface area contributed by atoms with Gasteiger partial charge in [-0.1, -0.05) is 29.8 Å². The summed E-state index contributed by atoms with van der Waals surface area (Å²) in [6, 6.07) is 6.49. The van der Waals surface area contributed by atoms with Gasteiger partial charge >= 0.3 is 0 Å². The quantitative estimate of drug-likeness (QED) is 0.935. The summed E-state index contributed by atoms with van der Waals surface area (Å²) in [6.45, 7) is 0. The Kier molecular flexibility index (Phi) is 3.93. The zero-order valence-corrected chi connectivity index (χ0v) is 12.1. The molecule has 0 spiro atoms. The molecule has 1 aromatic heterocycles. The van der Waals surface area contributed by atoms with E-state index in [9.17, 15) is 8.42 Å². The Labute approximate surface area is 117 Å². The molecule has 7 heteroatoms. The zero-order chi connectivity index (χ0) is 14.0. The number of aromatic nitrogens is 2. The van der Waals surface area contributed by atoms with Gasteiger partial charge in [0.15, 0.2) is 0 Å². The van der Waals surface area contributed by atoms with Crippen molar-refractivity contribution in [2.24, 2.45) is 7.05 Å². The van der Waals surface area contributed by atoms with Gasteiger partial charge in [0.25, 0.3) is 0 Å². The van der Waals surface area contributed by atoms with Crippen molar-refractivity contribution >= 4 is 21.6 Å². The lowest BCUT2D eigenvalue weighted by molar-refractivity contribution is 0.569. The lowest BCUT2D eigenvalue weighted by Crippen LogP contribution is -2.30. The molecule has 2 aromatic rings. The largest absolute Gasteiger partial charge is 0.336 e. The highest BCUT2D eigenvalue weighted by Gasteiger charge is 2.23. The highest BCUT2D eigenvalue weighted by Crippen LogP contribution is 2.27. The van der Waals surface area contributed by atoms with E-state index in [0.29, 0.717) is 16.4 Å². The number of rotatable bonds is 4. The van der Waals surface area contributed by atoms with Crippen molar-refractivity contribution in [1.82, 2.24) is 14.3 Å². The molecule has 0 aliphatic rings. The Hall–Kier alpha value is -1.37. The first-order valence-electron chi connectivity index (χ1n) is 5.57. The number of imidazole rings is 1. The van der Waals surface area contributed by atoms with Gasteiger partial charge in [-0.3, -0.25) is 0 Å². The van der Waals surface area contributed by atoms with E-state index >= 15 is 0 Å². The molecule has 0 saturated heterocycles. The van der Waals surface area contributed by atoms with Crippen molar-refractivity contribution in [3.8, 4) is 0 Å². The van der Waals surface area contributed by atoms with Gasteiger partial charge in [0.1, 0.15) is 11.9 Å². The molecule has 0 radical (unpaired) electrons. The molecule has 1 heterocycles. The molecule has 0 aliphatic heterocycles. The first kappa shape index (κ1) is 14.0. The van der Waals surface area contributed by atoms with Crippen molar-refractivity contribution in [2.75, 3.05) is 6.26 Å². The molecular weight excluding hydrogens is 286 g/mol. The summed E-state index contributed by atoms with van der Waals surface area (Å²) in [7, 11) is -1.59. The fourth-order valence-corrected chi connectivity index (χ4v) is 2.74. The molecule has 0 aliphatic carbocycles. The van der Waals surface area contributed by atoms with Crippen LogP contribution in [0.3, 0.4) is 0 Å². The Bertz CT molecular complexity index is 682. The van der Waals surface area contributed by atoms with Crippen molar-refractivity contribution in [3.63, 3.8) is 0 Å². The fraction of sp³-hybridized carbons (Fsp3) is 0.250. The zero-order valence-electron chi connectivity index (χ0n) is 10.5. The number of halogens is 1. The third-order valence-electron chi connectivity index (χ3n) is 2.66. The van der Waals surface area contributed by atoms with Gasteiger partial charge in [-0.25, -0.2) is 18.1 Å². The molecule has 0 amide bonds. The maximum absolute atomic E-state index is 11.5. The van der Waals surface area contributed by atoms with Crippen LogP contribution < -0.4 is 4.72 Å². The molecule has 2 rings (SSSR count). The van der Waals surface area contributed by atoms with Gasteiger partial charge in [-0.15, -0.1) is 0 Å². The number of nitrogens with zero attached hydrogens (tertiary/aromatic N) is 2. The second kappa shape index (κ2) is 5.32. The minimum atomic E-state index is -3.39. The topological polar surface area (TPSA) is 64.0 Å². The predicted molar refractivity (Wildman–Crippen MR) is 74.5 cm³/mol. The number of benzene rings is 1. The minimum Gasteiger partial charge on any atom is -0.336 e. The maximum atomic E-state index is 11.5. The summed E-state index contributed by atoms with van der Waals surface area (Å²) in [4.78, 5) is 4.20. The van der Waals surface area contributed by atoms with Crippen LogP contribution in [0.25, 0.3) is 0 Å². The summed E-state index contributed by atoms with van der Waals surface area (Å²) in [6.07, 6.45) is 4.48. The number of hydrogen-bond donors (Lipinski definition) is 1. The Morgan fingerprint density at radius 1 is 1.37 bits per heavy atom. The van der Waals surface area contributed by atoms with E-state index < -0.39 is 16.1 Å². The fourth-order valence-electron chi connectivity index (χ4n) is 1.83. The third-order valence-corrected chi connectivity index (χ3v) is 3.67. The molecule has 19 heavy (non-hydrogen) atoms. The average molecular weight is 300 g/mol. The Balaban J connectivity index is 2.53. The summed E-state index contributed by atoms with van der Waals surface area (Å²) >= 11 is 6.15. The van der Waals surface area contributed by atoms with Gasteiger partial charge in [-0.2, -0.15) is 0 Å². The van der Waals surface area contributed by atoms with Gasteiger partial charge in [0, 0.05) is 24.5 Å². The number of nitrogens with one attached hydrogen (secondary N) is 1. The highest BCUT2D eigenvalue weighted by atomic mass is 35.5. The summed E-state index contributed by atoms with van der Waals surface area (Å²) in [5.41, 5.74) is 0.670. The van der Waals surface area contributed by atoms with Crippen LogP contribution >= 0.6 is 11.6 Å². The predicted octanol–water partition coefficient (Wildman–Crippen LogP) is 1.71. The SMILES string of the molecule is Cn1ccnc1C(NS(C)(=O)=O)c1ccccc1Cl. The molecule has 1 N–H and O–H groups in total. The molecule has 0 bridgehead atoms. The monoisotopic (exact) mass is 299 g/mol. The van der Waals surface area contributed by atoms with Crippen LogP contribution in [0.15, 0.2) is 36.7 Å². The van der Waals surface area contributed by atoms with Crippen LogP contribution in [0.5, 0.6) is 0 Å². The molecular formula is C12H14ClN3O2S. The summed E-state index contributed by atoms with van der Waals surface area (Å²) in [5.74, 6) is 0.582. The van der Waals surface area contributed by atoms with E-state index in [1.165, 1.54) is 0 Å². The first-order chi connectivity index (χ1) is 8.88. The molecule has 1 atom stereocenters. The van der Waals surface area contributed by atoms with Crippen LogP contribution in [-0.2, 0) is 17.1 Å². The highest BCUT2D eigenvalue weighted by molar-refractivity contribution is 7.88. The van der Waals surface area contributed by atoms with E-state index in [4.69, 9.17) is 11.6 Å². The lowest BCUT2D eigenvalue weighted by Gasteiger charge is -2.18. The molecule has 0 saturated carbocycles. The van der Waals surface area contributed by atoms with Gasteiger partial charge in [0.2, 0.25) is 10.0 Å². The van der Waals surface area contributed by atoms with E-state index in [0.717, 1.165) is 6.26 Å².